The molecule has 2 aromatic heterocycles. The molecule has 4 aromatic rings. The number of rotatable bonds is 4. The van der Waals surface area contributed by atoms with E-state index < -0.39 is 35.1 Å². The molecule has 180 valence electrons. The van der Waals surface area contributed by atoms with Crippen molar-refractivity contribution in [1.29, 1.82) is 0 Å². The van der Waals surface area contributed by atoms with E-state index in [4.69, 9.17) is 9.15 Å². The summed E-state index contributed by atoms with van der Waals surface area (Å²) < 4.78 is 66.9. The summed E-state index contributed by atoms with van der Waals surface area (Å²) in [6.07, 6.45) is -3.52. The zero-order valence-corrected chi connectivity index (χ0v) is 17.6. The number of carbonyl (C=O) groups is 1. The largest absolute Gasteiger partial charge is 0.573 e. The van der Waals surface area contributed by atoms with Crippen LogP contribution in [-0.2, 0) is 5.54 Å². The van der Waals surface area contributed by atoms with E-state index in [1.54, 1.807) is 12.1 Å². The van der Waals surface area contributed by atoms with E-state index in [1.165, 1.54) is 30.5 Å². The fourth-order valence-corrected chi connectivity index (χ4v) is 4.07. The molecule has 12 heteroatoms. The van der Waals surface area contributed by atoms with Crippen molar-refractivity contribution in [1.82, 2.24) is 15.3 Å². The molecule has 0 aliphatic carbocycles. The fraction of sp³-hybridized carbons (Fsp3) is 0.174. The number of aromatic amines is 1. The van der Waals surface area contributed by atoms with Crippen LogP contribution in [0.4, 0.5) is 17.6 Å². The fourth-order valence-electron chi connectivity index (χ4n) is 4.07. The molecule has 2 N–H and O–H groups in total. The number of halogens is 4. The quantitative estimate of drug-likeness (QED) is 0.420. The number of carbonyl (C=O) groups excluding carboxylic acids is 1. The first kappa shape index (κ1) is 22.4. The summed E-state index contributed by atoms with van der Waals surface area (Å²) in [5, 5.41) is 2.85. The highest BCUT2D eigenvalue weighted by Crippen LogP contribution is 2.42. The molecule has 35 heavy (non-hydrogen) atoms. The number of nitrogens with one attached hydrogen (secondary N) is 2. The minimum atomic E-state index is -5.08. The summed E-state index contributed by atoms with van der Waals surface area (Å²) in [5.41, 5.74) is -0.360. The van der Waals surface area contributed by atoms with Gasteiger partial charge in [0, 0.05) is 18.2 Å². The maximum absolute atomic E-state index is 14.7. The second kappa shape index (κ2) is 8.15. The molecule has 0 saturated heterocycles. The minimum absolute atomic E-state index is 0.104. The molecule has 1 atom stereocenters. The third-order valence-corrected chi connectivity index (χ3v) is 5.57. The lowest BCUT2D eigenvalue weighted by Crippen LogP contribution is -2.50. The zero-order valence-electron chi connectivity index (χ0n) is 17.6. The van der Waals surface area contributed by atoms with Gasteiger partial charge >= 0.3 is 12.1 Å². The van der Waals surface area contributed by atoms with E-state index in [0.29, 0.717) is 11.3 Å². The van der Waals surface area contributed by atoms with E-state index in [1.807, 2.05) is 0 Å². The number of aromatic nitrogens is 2. The highest BCUT2D eigenvalue weighted by Gasteiger charge is 2.43. The summed E-state index contributed by atoms with van der Waals surface area (Å²) in [6, 6.07) is 10.4. The molecule has 5 rings (SSSR count). The van der Waals surface area contributed by atoms with Crippen LogP contribution >= 0.6 is 0 Å². The van der Waals surface area contributed by atoms with Gasteiger partial charge in [0.1, 0.15) is 17.0 Å². The molecule has 1 amide bonds. The van der Waals surface area contributed by atoms with Crippen molar-refractivity contribution in [3.8, 4) is 11.5 Å². The SMILES string of the molecule is O=C(N[C@]1(c2ccc(OC(F)(F)F)c(F)c2)CCOc2cccnc21)c1ccc2oc(=O)[nH]c2c1. The predicted octanol–water partition coefficient (Wildman–Crippen LogP) is 4.01. The minimum Gasteiger partial charge on any atom is -0.491 e. The van der Waals surface area contributed by atoms with Crippen LogP contribution in [0.5, 0.6) is 11.5 Å². The Kier molecular flexibility index (Phi) is 5.23. The van der Waals surface area contributed by atoms with Crippen LogP contribution in [0.3, 0.4) is 0 Å². The van der Waals surface area contributed by atoms with Crippen LogP contribution in [0.2, 0.25) is 0 Å². The molecule has 0 unspecified atom stereocenters. The van der Waals surface area contributed by atoms with Crippen molar-refractivity contribution in [3.63, 3.8) is 0 Å². The predicted molar refractivity (Wildman–Crippen MR) is 113 cm³/mol. The zero-order chi connectivity index (χ0) is 24.8. The molecule has 3 heterocycles. The standard InChI is InChI=1S/C23H15F4N3O5/c24-14-11-13(4-6-16(14)35-23(25,26)27)22(7-9-33-18-2-1-8-28-19(18)22)30-20(31)12-3-5-17-15(10-12)29-21(32)34-17/h1-6,8,10-11H,7,9H2,(H,29,32)(H,30,31)/t22-/m0/s1. The number of alkyl halides is 3. The van der Waals surface area contributed by atoms with Gasteiger partial charge in [0.05, 0.1) is 12.1 Å². The topological polar surface area (TPSA) is 106 Å². The molecule has 0 fully saturated rings. The Hall–Kier alpha value is -4.35. The van der Waals surface area contributed by atoms with E-state index in [2.05, 4.69) is 20.0 Å². The molecular formula is C23H15F4N3O5. The molecule has 8 nitrogen and oxygen atoms in total. The van der Waals surface area contributed by atoms with Gasteiger partial charge in [-0.25, -0.2) is 9.18 Å². The van der Waals surface area contributed by atoms with Crippen molar-refractivity contribution >= 4 is 17.0 Å². The lowest BCUT2D eigenvalue weighted by molar-refractivity contribution is -0.275. The van der Waals surface area contributed by atoms with E-state index in [-0.39, 0.29) is 35.4 Å². The number of oxazole rings is 1. The first-order chi connectivity index (χ1) is 16.6. The van der Waals surface area contributed by atoms with E-state index in [0.717, 1.165) is 12.1 Å². The van der Waals surface area contributed by atoms with Gasteiger partial charge < -0.3 is 19.2 Å². The van der Waals surface area contributed by atoms with Crippen molar-refractivity contribution in [2.24, 2.45) is 0 Å². The van der Waals surface area contributed by atoms with Crippen LogP contribution in [0.1, 0.15) is 28.0 Å². The van der Waals surface area contributed by atoms with Gasteiger partial charge in [-0.15, -0.1) is 13.2 Å². The van der Waals surface area contributed by atoms with Crippen LogP contribution in [0.25, 0.3) is 11.1 Å². The summed E-state index contributed by atoms with van der Waals surface area (Å²) >= 11 is 0. The molecule has 1 aliphatic rings. The van der Waals surface area contributed by atoms with Crippen LogP contribution in [0.15, 0.2) is 63.9 Å². The molecule has 2 aromatic carbocycles. The number of fused-ring (bicyclic) bond motifs is 2. The van der Waals surface area contributed by atoms with Gasteiger partial charge in [0.2, 0.25) is 0 Å². The van der Waals surface area contributed by atoms with Gasteiger partial charge in [0.25, 0.3) is 5.91 Å². The lowest BCUT2D eigenvalue weighted by atomic mass is 9.81. The van der Waals surface area contributed by atoms with E-state index >= 15 is 0 Å². The van der Waals surface area contributed by atoms with Crippen molar-refractivity contribution in [2.45, 2.75) is 18.3 Å². The average Bonchev–Trinajstić information content (AvgIpc) is 3.19. The van der Waals surface area contributed by atoms with Gasteiger partial charge in [-0.05, 0) is 48.0 Å². The summed E-state index contributed by atoms with van der Waals surface area (Å²) in [7, 11) is 0. The lowest BCUT2D eigenvalue weighted by Gasteiger charge is -2.39. The molecule has 0 saturated carbocycles. The number of hydrogen-bond donors (Lipinski definition) is 2. The Bertz CT molecular complexity index is 1500. The average molecular weight is 489 g/mol. The molecular weight excluding hydrogens is 474 g/mol. The molecule has 0 spiro atoms. The van der Waals surface area contributed by atoms with Crippen LogP contribution in [0, 0.1) is 5.82 Å². The molecule has 0 bridgehead atoms. The maximum Gasteiger partial charge on any atom is 0.573 e. The van der Waals surface area contributed by atoms with Gasteiger partial charge in [0.15, 0.2) is 17.1 Å². The highest BCUT2D eigenvalue weighted by atomic mass is 19.4. The Morgan fingerprint density at radius 2 is 2.00 bits per heavy atom. The van der Waals surface area contributed by atoms with Gasteiger partial charge in [-0.2, -0.15) is 0 Å². The second-order valence-corrected chi connectivity index (χ2v) is 7.73. The Morgan fingerprint density at radius 1 is 1.17 bits per heavy atom. The monoisotopic (exact) mass is 489 g/mol. The van der Waals surface area contributed by atoms with Gasteiger partial charge in [-0.1, -0.05) is 6.07 Å². The summed E-state index contributed by atoms with van der Waals surface area (Å²) in [6.45, 7) is 0.107. The Labute approximate surface area is 193 Å². The maximum atomic E-state index is 14.7. The molecule has 0 radical (unpaired) electrons. The number of nitrogens with zero attached hydrogens (tertiary/aromatic N) is 1. The Balaban J connectivity index is 1.60. The van der Waals surface area contributed by atoms with Crippen molar-refractivity contribution in [3.05, 3.63) is 87.9 Å². The third-order valence-electron chi connectivity index (χ3n) is 5.57. The number of hydrogen-bond acceptors (Lipinski definition) is 6. The number of amides is 1. The second-order valence-electron chi connectivity index (χ2n) is 7.73. The highest BCUT2D eigenvalue weighted by molar-refractivity contribution is 5.97. The summed E-state index contributed by atoms with van der Waals surface area (Å²) in [5.74, 6) is -3.25. The van der Waals surface area contributed by atoms with Crippen LogP contribution in [-0.4, -0.2) is 28.8 Å². The number of H-pyrrole nitrogens is 1. The normalized spacial score (nSPS) is 17.5. The smallest absolute Gasteiger partial charge is 0.491 e. The number of pyridine rings is 1. The number of ether oxygens (including phenoxy) is 2. The molecule has 1 aliphatic heterocycles. The third kappa shape index (κ3) is 4.18. The first-order valence-electron chi connectivity index (χ1n) is 10.2. The Morgan fingerprint density at radius 3 is 2.77 bits per heavy atom. The van der Waals surface area contributed by atoms with Crippen molar-refractivity contribution in [2.75, 3.05) is 6.61 Å². The van der Waals surface area contributed by atoms with Crippen molar-refractivity contribution < 1.29 is 36.2 Å². The van der Waals surface area contributed by atoms with Crippen LogP contribution < -0.4 is 20.5 Å². The number of benzene rings is 2. The van der Waals surface area contributed by atoms with Gasteiger partial charge in [-0.3, -0.25) is 14.8 Å². The first-order valence-corrected chi connectivity index (χ1v) is 10.2. The summed E-state index contributed by atoms with van der Waals surface area (Å²) in [4.78, 5) is 31.5. The van der Waals surface area contributed by atoms with E-state index in [9.17, 15) is 27.2 Å².